The van der Waals surface area contributed by atoms with Crippen molar-refractivity contribution in [1.29, 1.82) is 0 Å². The molecule has 0 radical (unpaired) electrons. The van der Waals surface area contributed by atoms with Gasteiger partial charge in [-0.1, -0.05) is 11.6 Å². The summed E-state index contributed by atoms with van der Waals surface area (Å²) in [5.74, 6) is 1.77. The van der Waals surface area contributed by atoms with Crippen LogP contribution in [0.1, 0.15) is 43.3 Å². The van der Waals surface area contributed by atoms with Crippen LogP contribution in [-0.2, 0) is 11.3 Å². The van der Waals surface area contributed by atoms with Gasteiger partial charge in [0, 0.05) is 24.9 Å². The molecule has 1 saturated heterocycles. The van der Waals surface area contributed by atoms with Crippen LogP contribution in [0.5, 0.6) is 0 Å². The molecule has 1 aliphatic carbocycles. The molecule has 2 aliphatic rings. The third-order valence-corrected chi connectivity index (χ3v) is 4.72. The highest BCUT2D eigenvalue weighted by Crippen LogP contribution is 2.39. The Kier molecular flexibility index (Phi) is 3.94. The smallest absolute Gasteiger partial charge is 0.283 e. The number of amides is 1. The van der Waals surface area contributed by atoms with Gasteiger partial charge >= 0.3 is 0 Å². The standard InChI is InChI=1S/C14H14ClN5O2S/c15-9-6-11(17-13(16-9)8-3-4-8)23-14-19-18-10(22-14)7-20-5-1-2-12(20)21/h6,8H,1-5,7H2. The highest BCUT2D eigenvalue weighted by Gasteiger charge is 2.27. The van der Waals surface area contributed by atoms with Gasteiger partial charge in [-0.3, -0.25) is 4.79 Å². The lowest BCUT2D eigenvalue weighted by atomic mass is 10.4. The molecule has 23 heavy (non-hydrogen) atoms. The first-order chi connectivity index (χ1) is 11.2. The summed E-state index contributed by atoms with van der Waals surface area (Å²) in [7, 11) is 0. The molecular weight excluding hydrogens is 338 g/mol. The van der Waals surface area contributed by atoms with Crippen LogP contribution >= 0.6 is 23.4 Å². The number of hydrogen-bond donors (Lipinski definition) is 0. The Hall–Kier alpha value is -1.67. The van der Waals surface area contributed by atoms with E-state index in [4.69, 9.17) is 16.0 Å². The predicted molar refractivity (Wildman–Crippen MR) is 82.1 cm³/mol. The molecule has 0 N–H and O–H groups in total. The quantitative estimate of drug-likeness (QED) is 0.765. The number of aromatic nitrogens is 4. The lowest BCUT2D eigenvalue weighted by Gasteiger charge is -2.11. The second-order valence-corrected chi connectivity index (χ2v) is 7.00. The third kappa shape index (κ3) is 3.48. The fourth-order valence-corrected chi connectivity index (χ4v) is 3.42. The second kappa shape index (κ2) is 6.09. The molecule has 2 aromatic rings. The van der Waals surface area contributed by atoms with Crippen molar-refractivity contribution in [2.45, 2.75) is 48.4 Å². The zero-order valence-corrected chi connectivity index (χ0v) is 13.8. The van der Waals surface area contributed by atoms with Crippen LogP contribution in [0.3, 0.4) is 0 Å². The molecule has 1 aliphatic heterocycles. The van der Waals surface area contributed by atoms with Crippen molar-refractivity contribution < 1.29 is 9.21 Å². The van der Waals surface area contributed by atoms with E-state index >= 15 is 0 Å². The fourth-order valence-electron chi connectivity index (χ4n) is 2.46. The number of nitrogens with zero attached hydrogens (tertiary/aromatic N) is 5. The van der Waals surface area contributed by atoms with Crippen LogP contribution < -0.4 is 0 Å². The van der Waals surface area contributed by atoms with E-state index in [0.717, 1.165) is 31.6 Å². The molecule has 120 valence electrons. The summed E-state index contributed by atoms with van der Waals surface area (Å²) < 4.78 is 5.60. The summed E-state index contributed by atoms with van der Waals surface area (Å²) in [5.41, 5.74) is 0. The van der Waals surface area contributed by atoms with Gasteiger partial charge in [-0.2, -0.15) is 0 Å². The van der Waals surface area contributed by atoms with Gasteiger partial charge in [0.2, 0.25) is 11.8 Å². The van der Waals surface area contributed by atoms with Crippen LogP contribution in [0.2, 0.25) is 5.15 Å². The summed E-state index contributed by atoms with van der Waals surface area (Å²) in [6.45, 7) is 1.11. The van der Waals surface area contributed by atoms with Crippen LogP contribution in [0, 0.1) is 0 Å². The van der Waals surface area contributed by atoms with Gasteiger partial charge in [0.05, 0.1) is 6.54 Å². The minimum absolute atomic E-state index is 0.133. The molecule has 9 heteroatoms. The number of carbonyl (C=O) groups is 1. The van der Waals surface area contributed by atoms with Crippen LogP contribution in [0.25, 0.3) is 0 Å². The first-order valence-corrected chi connectivity index (χ1v) is 8.69. The average Bonchev–Trinajstić information content (AvgIpc) is 3.17. The summed E-state index contributed by atoms with van der Waals surface area (Å²) >= 11 is 7.31. The molecule has 7 nitrogen and oxygen atoms in total. The van der Waals surface area contributed by atoms with E-state index < -0.39 is 0 Å². The van der Waals surface area contributed by atoms with Gasteiger partial charge in [0.25, 0.3) is 5.22 Å². The minimum Gasteiger partial charge on any atom is -0.414 e. The predicted octanol–water partition coefficient (Wildman–Crippen LogP) is 2.66. The van der Waals surface area contributed by atoms with E-state index in [-0.39, 0.29) is 5.91 Å². The Labute approximate surface area is 141 Å². The summed E-state index contributed by atoms with van der Waals surface area (Å²) in [6, 6.07) is 1.69. The van der Waals surface area contributed by atoms with Crippen LogP contribution in [0.15, 0.2) is 20.7 Å². The molecule has 0 aromatic carbocycles. The summed E-state index contributed by atoms with van der Waals surface area (Å²) in [6.07, 6.45) is 3.70. The number of hydrogen-bond acceptors (Lipinski definition) is 7. The topological polar surface area (TPSA) is 85.0 Å². The Morgan fingerprint density at radius 1 is 1.35 bits per heavy atom. The van der Waals surface area contributed by atoms with Crippen molar-refractivity contribution >= 4 is 29.3 Å². The Morgan fingerprint density at radius 2 is 2.22 bits per heavy atom. The van der Waals surface area contributed by atoms with E-state index in [1.165, 1.54) is 11.8 Å². The van der Waals surface area contributed by atoms with Crippen molar-refractivity contribution in [3.8, 4) is 0 Å². The molecule has 0 atom stereocenters. The molecule has 1 saturated carbocycles. The van der Waals surface area contributed by atoms with E-state index in [1.54, 1.807) is 11.0 Å². The fraction of sp³-hybridized carbons (Fsp3) is 0.500. The molecule has 1 amide bonds. The van der Waals surface area contributed by atoms with E-state index in [2.05, 4.69) is 20.2 Å². The van der Waals surface area contributed by atoms with E-state index in [0.29, 0.717) is 40.2 Å². The lowest BCUT2D eigenvalue weighted by Crippen LogP contribution is -2.23. The van der Waals surface area contributed by atoms with Gasteiger partial charge in [0.1, 0.15) is 16.0 Å². The molecule has 0 bridgehead atoms. The maximum atomic E-state index is 11.6. The highest BCUT2D eigenvalue weighted by molar-refractivity contribution is 7.99. The Bertz CT molecular complexity index is 749. The van der Waals surface area contributed by atoms with Gasteiger partial charge in [-0.05, 0) is 31.0 Å². The zero-order valence-electron chi connectivity index (χ0n) is 12.2. The highest BCUT2D eigenvalue weighted by atomic mass is 35.5. The minimum atomic E-state index is 0.133. The molecule has 0 spiro atoms. The first kappa shape index (κ1) is 14.9. The number of likely N-dealkylation sites (tertiary alicyclic amines) is 1. The molecule has 2 aromatic heterocycles. The number of rotatable bonds is 5. The van der Waals surface area contributed by atoms with Crippen molar-refractivity contribution in [1.82, 2.24) is 25.1 Å². The van der Waals surface area contributed by atoms with Crippen molar-refractivity contribution in [3.63, 3.8) is 0 Å². The lowest BCUT2D eigenvalue weighted by molar-refractivity contribution is -0.128. The Balaban J connectivity index is 1.46. The van der Waals surface area contributed by atoms with Crippen molar-refractivity contribution in [3.05, 3.63) is 22.9 Å². The molecular formula is C14H14ClN5O2S. The third-order valence-electron chi connectivity index (χ3n) is 3.77. The maximum Gasteiger partial charge on any atom is 0.283 e. The molecule has 4 rings (SSSR count). The number of carbonyl (C=O) groups excluding carboxylic acids is 1. The van der Waals surface area contributed by atoms with Crippen LogP contribution in [0.4, 0.5) is 0 Å². The Morgan fingerprint density at radius 3 is 2.96 bits per heavy atom. The van der Waals surface area contributed by atoms with E-state index in [1.807, 2.05) is 0 Å². The molecule has 3 heterocycles. The number of halogens is 1. The average molecular weight is 352 g/mol. The summed E-state index contributed by atoms with van der Waals surface area (Å²) in [4.78, 5) is 22.1. The van der Waals surface area contributed by atoms with Crippen molar-refractivity contribution in [2.75, 3.05) is 6.54 Å². The zero-order chi connectivity index (χ0) is 15.8. The van der Waals surface area contributed by atoms with Gasteiger partial charge in [0.15, 0.2) is 0 Å². The normalized spacial score (nSPS) is 18.0. The van der Waals surface area contributed by atoms with Crippen molar-refractivity contribution in [2.24, 2.45) is 0 Å². The monoisotopic (exact) mass is 351 g/mol. The maximum absolute atomic E-state index is 11.6. The van der Waals surface area contributed by atoms with Crippen LogP contribution in [-0.4, -0.2) is 37.5 Å². The first-order valence-electron chi connectivity index (χ1n) is 7.50. The molecule has 0 unspecified atom stereocenters. The van der Waals surface area contributed by atoms with Gasteiger partial charge < -0.3 is 9.32 Å². The van der Waals surface area contributed by atoms with E-state index in [9.17, 15) is 4.79 Å². The second-order valence-electron chi connectivity index (χ2n) is 5.64. The van der Waals surface area contributed by atoms with Gasteiger partial charge in [-0.15, -0.1) is 10.2 Å². The molecule has 2 fully saturated rings. The van der Waals surface area contributed by atoms with Gasteiger partial charge in [-0.25, -0.2) is 9.97 Å². The largest absolute Gasteiger partial charge is 0.414 e. The SMILES string of the molecule is O=C1CCCN1Cc1nnc(Sc2cc(Cl)nc(C3CC3)n2)o1. The summed E-state index contributed by atoms with van der Waals surface area (Å²) in [5, 5.41) is 9.51.